The Hall–Kier alpha value is -1.10. The minimum absolute atomic E-state index is 0.218. The highest BCUT2D eigenvalue weighted by atomic mass is 16.7. The second kappa shape index (κ2) is 10.6. The van der Waals surface area contributed by atoms with Crippen molar-refractivity contribution in [2.24, 2.45) is 5.92 Å². The number of carboxylic acids is 1. The van der Waals surface area contributed by atoms with Gasteiger partial charge in [0, 0.05) is 12.8 Å². The standard InChI is InChI=1S/C18H32O5/c1-2-3-4-5-6-8-11-15(14-16(19)20)17(21)23-18(22)12-9-7-10-13-18/h15,22H,2-14H2,1H3,(H,19,20). The normalized spacial score (nSPS) is 18.3. The van der Waals surface area contributed by atoms with Crippen LogP contribution in [0.5, 0.6) is 0 Å². The lowest BCUT2D eigenvalue weighted by Crippen LogP contribution is -2.39. The smallest absolute Gasteiger partial charge is 0.312 e. The van der Waals surface area contributed by atoms with E-state index in [1.54, 1.807) is 0 Å². The van der Waals surface area contributed by atoms with Crippen LogP contribution in [0.2, 0.25) is 0 Å². The summed E-state index contributed by atoms with van der Waals surface area (Å²) < 4.78 is 5.29. The van der Waals surface area contributed by atoms with Crippen LogP contribution >= 0.6 is 0 Å². The van der Waals surface area contributed by atoms with Gasteiger partial charge in [0.15, 0.2) is 0 Å². The topological polar surface area (TPSA) is 83.8 Å². The van der Waals surface area contributed by atoms with Gasteiger partial charge in [-0.2, -0.15) is 0 Å². The van der Waals surface area contributed by atoms with Crippen molar-refractivity contribution in [3.05, 3.63) is 0 Å². The van der Waals surface area contributed by atoms with Crippen molar-refractivity contribution in [2.75, 3.05) is 0 Å². The summed E-state index contributed by atoms with van der Waals surface area (Å²) in [5.41, 5.74) is 0. The van der Waals surface area contributed by atoms with Crippen LogP contribution in [-0.4, -0.2) is 27.9 Å². The summed E-state index contributed by atoms with van der Waals surface area (Å²) in [6.45, 7) is 2.16. The number of aliphatic hydroxyl groups is 1. The third-order valence-electron chi connectivity index (χ3n) is 4.59. The predicted octanol–water partition coefficient (Wildman–Crippen LogP) is 4.02. The van der Waals surface area contributed by atoms with Crippen LogP contribution in [0.4, 0.5) is 0 Å². The van der Waals surface area contributed by atoms with Gasteiger partial charge in [0.25, 0.3) is 0 Å². The molecule has 0 aromatic heterocycles. The molecule has 1 fully saturated rings. The average Bonchev–Trinajstić information content (AvgIpc) is 2.49. The molecular formula is C18H32O5. The fourth-order valence-electron chi connectivity index (χ4n) is 3.16. The highest BCUT2D eigenvalue weighted by Crippen LogP contribution is 2.31. The molecule has 0 amide bonds. The van der Waals surface area contributed by atoms with Gasteiger partial charge in [-0.3, -0.25) is 9.59 Å². The van der Waals surface area contributed by atoms with E-state index in [0.717, 1.165) is 38.5 Å². The van der Waals surface area contributed by atoms with Crippen molar-refractivity contribution in [1.82, 2.24) is 0 Å². The third-order valence-corrected chi connectivity index (χ3v) is 4.59. The number of carbonyl (C=O) groups is 2. The van der Waals surface area contributed by atoms with Gasteiger partial charge in [0.2, 0.25) is 5.79 Å². The molecule has 23 heavy (non-hydrogen) atoms. The number of carboxylic acid groups (broad SMARTS) is 1. The lowest BCUT2D eigenvalue weighted by Gasteiger charge is -2.32. The molecule has 0 aromatic carbocycles. The number of carbonyl (C=O) groups excluding carboxylic acids is 1. The van der Waals surface area contributed by atoms with E-state index in [2.05, 4.69) is 6.92 Å². The van der Waals surface area contributed by atoms with E-state index in [1.165, 1.54) is 19.3 Å². The van der Waals surface area contributed by atoms with Crippen LogP contribution in [0.25, 0.3) is 0 Å². The summed E-state index contributed by atoms with van der Waals surface area (Å²) in [5.74, 6) is -3.57. The third kappa shape index (κ3) is 8.35. The van der Waals surface area contributed by atoms with Crippen molar-refractivity contribution in [3.63, 3.8) is 0 Å². The zero-order valence-corrected chi connectivity index (χ0v) is 14.4. The van der Waals surface area contributed by atoms with Gasteiger partial charge in [0.05, 0.1) is 12.3 Å². The quantitative estimate of drug-likeness (QED) is 0.340. The molecule has 0 radical (unpaired) electrons. The number of aliphatic carboxylic acids is 1. The summed E-state index contributed by atoms with van der Waals surface area (Å²) in [6.07, 6.45) is 10.5. The van der Waals surface area contributed by atoms with Crippen molar-refractivity contribution >= 4 is 11.9 Å². The predicted molar refractivity (Wildman–Crippen MR) is 87.9 cm³/mol. The molecule has 1 aliphatic rings. The lowest BCUT2D eigenvalue weighted by atomic mass is 9.93. The van der Waals surface area contributed by atoms with Crippen molar-refractivity contribution in [3.8, 4) is 0 Å². The van der Waals surface area contributed by atoms with Crippen molar-refractivity contribution in [2.45, 2.75) is 96.2 Å². The van der Waals surface area contributed by atoms with Crippen molar-refractivity contribution in [1.29, 1.82) is 0 Å². The summed E-state index contributed by atoms with van der Waals surface area (Å²) in [4.78, 5) is 23.3. The molecular weight excluding hydrogens is 296 g/mol. The number of hydrogen-bond acceptors (Lipinski definition) is 4. The summed E-state index contributed by atoms with van der Waals surface area (Å²) >= 11 is 0. The Kier molecular flexibility index (Phi) is 9.22. The maximum absolute atomic E-state index is 12.3. The maximum atomic E-state index is 12.3. The number of unbranched alkanes of at least 4 members (excludes halogenated alkanes) is 5. The molecule has 0 spiro atoms. The molecule has 0 aromatic rings. The minimum atomic E-state index is -1.38. The molecule has 1 aliphatic carbocycles. The number of rotatable bonds is 11. The van der Waals surface area contributed by atoms with E-state index in [4.69, 9.17) is 9.84 Å². The molecule has 2 N–H and O–H groups in total. The van der Waals surface area contributed by atoms with Crippen LogP contribution < -0.4 is 0 Å². The van der Waals surface area contributed by atoms with Crippen molar-refractivity contribution < 1.29 is 24.5 Å². The minimum Gasteiger partial charge on any atom is -0.481 e. The van der Waals surface area contributed by atoms with Crippen LogP contribution in [0.3, 0.4) is 0 Å². The van der Waals surface area contributed by atoms with Gasteiger partial charge in [-0.25, -0.2) is 0 Å². The lowest BCUT2D eigenvalue weighted by molar-refractivity contribution is -0.224. The van der Waals surface area contributed by atoms with E-state index in [9.17, 15) is 14.7 Å². The molecule has 134 valence electrons. The molecule has 0 aliphatic heterocycles. The molecule has 0 heterocycles. The average molecular weight is 328 g/mol. The van der Waals surface area contributed by atoms with E-state index in [1.807, 2.05) is 0 Å². The zero-order valence-electron chi connectivity index (χ0n) is 14.4. The fraction of sp³-hybridized carbons (Fsp3) is 0.889. The van der Waals surface area contributed by atoms with Crippen LogP contribution in [0, 0.1) is 5.92 Å². The monoisotopic (exact) mass is 328 g/mol. The molecule has 1 atom stereocenters. The van der Waals surface area contributed by atoms with Gasteiger partial charge in [-0.15, -0.1) is 0 Å². The Morgan fingerprint density at radius 3 is 2.26 bits per heavy atom. The molecule has 1 rings (SSSR count). The molecule has 1 saturated carbocycles. The number of esters is 1. The van der Waals surface area contributed by atoms with Gasteiger partial charge in [-0.05, 0) is 19.3 Å². The summed E-state index contributed by atoms with van der Waals surface area (Å²) in [7, 11) is 0. The molecule has 0 saturated heterocycles. The SMILES string of the molecule is CCCCCCCCC(CC(=O)O)C(=O)OC1(O)CCCCC1. The van der Waals surface area contributed by atoms with E-state index >= 15 is 0 Å². The first-order valence-corrected chi connectivity index (χ1v) is 9.14. The van der Waals surface area contributed by atoms with E-state index in [-0.39, 0.29) is 6.42 Å². The van der Waals surface area contributed by atoms with Crippen LogP contribution in [0.15, 0.2) is 0 Å². The Morgan fingerprint density at radius 2 is 1.65 bits per heavy atom. The number of ether oxygens (including phenoxy) is 1. The van der Waals surface area contributed by atoms with E-state index in [0.29, 0.717) is 19.3 Å². The van der Waals surface area contributed by atoms with Gasteiger partial charge in [-0.1, -0.05) is 51.9 Å². The highest BCUT2D eigenvalue weighted by molar-refractivity contribution is 5.79. The van der Waals surface area contributed by atoms with Gasteiger partial charge in [0.1, 0.15) is 0 Å². The van der Waals surface area contributed by atoms with Gasteiger partial charge >= 0.3 is 11.9 Å². The fourth-order valence-corrected chi connectivity index (χ4v) is 3.16. The number of hydrogen-bond donors (Lipinski definition) is 2. The summed E-state index contributed by atoms with van der Waals surface area (Å²) in [6, 6.07) is 0. The first-order chi connectivity index (χ1) is 11.0. The second-order valence-electron chi connectivity index (χ2n) is 6.78. The first-order valence-electron chi connectivity index (χ1n) is 9.14. The largest absolute Gasteiger partial charge is 0.481 e. The van der Waals surface area contributed by atoms with Crippen LogP contribution in [-0.2, 0) is 14.3 Å². The Balaban J connectivity index is 2.41. The summed E-state index contributed by atoms with van der Waals surface area (Å²) in [5, 5.41) is 19.3. The molecule has 1 unspecified atom stereocenters. The zero-order chi connectivity index (χ0) is 17.1. The molecule has 5 nitrogen and oxygen atoms in total. The Bertz CT molecular complexity index is 360. The van der Waals surface area contributed by atoms with Gasteiger partial charge < -0.3 is 14.9 Å². The first kappa shape index (κ1) is 19.9. The maximum Gasteiger partial charge on any atom is 0.312 e. The molecule has 0 bridgehead atoms. The Morgan fingerprint density at radius 1 is 1.04 bits per heavy atom. The Labute approximate surface area is 139 Å². The van der Waals surface area contributed by atoms with E-state index < -0.39 is 23.6 Å². The molecule has 5 heteroatoms. The second-order valence-corrected chi connectivity index (χ2v) is 6.78. The highest BCUT2D eigenvalue weighted by Gasteiger charge is 2.36. The van der Waals surface area contributed by atoms with Crippen LogP contribution in [0.1, 0.15) is 90.4 Å².